The van der Waals surface area contributed by atoms with Crippen molar-refractivity contribution in [1.29, 1.82) is 0 Å². The maximum Gasteiger partial charge on any atom is 0.171 e. The summed E-state index contributed by atoms with van der Waals surface area (Å²) in [7, 11) is 0. The van der Waals surface area contributed by atoms with Crippen LogP contribution in [0, 0.1) is 10.5 Å². The summed E-state index contributed by atoms with van der Waals surface area (Å²) in [6, 6.07) is 4.18. The molecule has 1 aliphatic carbocycles. The highest BCUT2D eigenvalue weighted by Gasteiger charge is 2.23. The molecule has 19 heavy (non-hydrogen) atoms. The average molecular weight is 405 g/mol. The predicted octanol–water partition coefficient (Wildman–Crippen LogP) is 5.43. The summed E-state index contributed by atoms with van der Waals surface area (Å²) in [6.07, 6.45) is 5.06. The van der Waals surface area contributed by atoms with Gasteiger partial charge < -0.3 is 0 Å². The fourth-order valence-electron chi connectivity index (χ4n) is 2.57. The first-order valence-corrected chi connectivity index (χ1v) is 8.72. The molecule has 0 saturated heterocycles. The van der Waals surface area contributed by atoms with Gasteiger partial charge in [-0.15, -0.1) is 11.3 Å². The molecule has 1 aliphatic rings. The molecule has 5 heteroatoms. The van der Waals surface area contributed by atoms with Crippen molar-refractivity contribution in [3.63, 3.8) is 0 Å². The van der Waals surface area contributed by atoms with Gasteiger partial charge in [0.25, 0.3) is 0 Å². The fourth-order valence-corrected chi connectivity index (χ4v) is 4.23. The van der Waals surface area contributed by atoms with Crippen LogP contribution in [-0.2, 0) is 0 Å². The lowest BCUT2D eigenvalue weighted by molar-refractivity contribution is 0.690. The minimum Gasteiger partial charge on any atom is -0.231 e. The molecule has 0 aliphatic heterocycles. The van der Waals surface area contributed by atoms with Gasteiger partial charge in [0.2, 0.25) is 0 Å². The Balaban J connectivity index is 2.06. The first-order valence-electron chi connectivity index (χ1n) is 6.45. The summed E-state index contributed by atoms with van der Waals surface area (Å²) in [5.74, 6) is 1.35. The van der Waals surface area contributed by atoms with Gasteiger partial charge in [0, 0.05) is 10.8 Å². The molecule has 0 radical (unpaired) electrons. The first-order chi connectivity index (χ1) is 9.15. The quantitative estimate of drug-likeness (QED) is 0.493. The van der Waals surface area contributed by atoms with Gasteiger partial charge in [0.05, 0.1) is 14.1 Å². The molecular formula is C14H14ClIN2S. The summed E-state index contributed by atoms with van der Waals surface area (Å²) in [5, 5.41) is 0.596. The molecular weight excluding hydrogens is 391 g/mol. The van der Waals surface area contributed by atoms with Gasteiger partial charge in [0.15, 0.2) is 5.82 Å². The zero-order chi connectivity index (χ0) is 13.4. The zero-order valence-corrected chi connectivity index (χ0v) is 14.3. The lowest BCUT2D eigenvalue weighted by Gasteiger charge is -2.12. The van der Waals surface area contributed by atoms with Crippen molar-refractivity contribution in [3.05, 3.63) is 31.4 Å². The summed E-state index contributed by atoms with van der Waals surface area (Å²) < 4.78 is 1.03. The van der Waals surface area contributed by atoms with Crippen LogP contribution in [0.2, 0.25) is 5.15 Å². The third-order valence-electron chi connectivity index (χ3n) is 3.54. The van der Waals surface area contributed by atoms with E-state index in [9.17, 15) is 0 Å². The maximum absolute atomic E-state index is 6.30. The number of thiophene rings is 1. The number of hydrogen-bond donors (Lipinski definition) is 0. The van der Waals surface area contributed by atoms with Crippen LogP contribution in [0.15, 0.2) is 12.1 Å². The molecule has 0 bridgehead atoms. The summed E-state index contributed by atoms with van der Waals surface area (Å²) >= 11 is 10.3. The normalized spacial score (nSPS) is 16.2. The van der Waals surface area contributed by atoms with Crippen molar-refractivity contribution >= 4 is 45.5 Å². The maximum atomic E-state index is 6.30. The number of nitrogens with zero attached hydrogens (tertiary/aromatic N) is 2. The molecule has 1 fully saturated rings. The van der Waals surface area contributed by atoms with Crippen molar-refractivity contribution in [2.45, 2.75) is 38.5 Å². The van der Waals surface area contributed by atoms with E-state index in [1.165, 1.54) is 30.6 Å². The smallest absolute Gasteiger partial charge is 0.171 e. The molecule has 3 rings (SSSR count). The van der Waals surface area contributed by atoms with Crippen LogP contribution in [0.1, 0.15) is 42.2 Å². The van der Waals surface area contributed by atoms with Crippen molar-refractivity contribution in [2.75, 3.05) is 0 Å². The first kappa shape index (κ1) is 13.8. The second kappa shape index (κ2) is 5.66. The fraction of sp³-hybridized carbons (Fsp3) is 0.429. The van der Waals surface area contributed by atoms with Gasteiger partial charge in [-0.2, -0.15) is 0 Å². The minimum atomic E-state index is 0.562. The van der Waals surface area contributed by atoms with E-state index in [-0.39, 0.29) is 0 Å². The summed E-state index contributed by atoms with van der Waals surface area (Å²) in [4.78, 5) is 11.6. The zero-order valence-electron chi connectivity index (χ0n) is 10.6. The van der Waals surface area contributed by atoms with Gasteiger partial charge in [-0.3, -0.25) is 0 Å². The number of aromatic nitrogens is 2. The number of aryl methyl sites for hydroxylation is 1. The minimum absolute atomic E-state index is 0.562. The monoisotopic (exact) mass is 404 g/mol. The highest BCUT2D eigenvalue weighted by atomic mass is 127. The number of rotatable bonds is 2. The van der Waals surface area contributed by atoms with E-state index in [2.05, 4.69) is 46.6 Å². The lowest BCUT2D eigenvalue weighted by Crippen LogP contribution is -2.04. The van der Waals surface area contributed by atoms with Gasteiger partial charge in [0.1, 0.15) is 5.15 Å². The topological polar surface area (TPSA) is 25.8 Å². The molecule has 2 aromatic rings. The molecule has 2 nitrogen and oxygen atoms in total. The Labute approximate surface area is 135 Å². The molecule has 0 spiro atoms. The predicted molar refractivity (Wildman–Crippen MR) is 89.0 cm³/mol. The molecule has 0 aromatic carbocycles. The number of halogens is 2. The van der Waals surface area contributed by atoms with Crippen LogP contribution in [0.25, 0.3) is 10.7 Å². The van der Waals surface area contributed by atoms with Crippen LogP contribution >= 0.6 is 45.5 Å². The van der Waals surface area contributed by atoms with Crippen molar-refractivity contribution < 1.29 is 0 Å². The standard InChI is InChI=1S/C14H14ClIN2S/c1-8-6-7-10(19-8)14-17-12(9-4-2-3-5-9)11(16)13(15)18-14/h6-7,9H,2-5H2,1H3. The Kier molecular flexibility index (Phi) is 4.10. The molecule has 2 aromatic heterocycles. The molecule has 2 heterocycles. The SMILES string of the molecule is Cc1ccc(-c2nc(Cl)c(I)c(C3CCCC3)n2)s1. The summed E-state index contributed by atoms with van der Waals surface area (Å²) in [6.45, 7) is 2.10. The van der Waals surface area contributed by atoms with Gasteiger partial charge in [-0.25, -0.2) is 9.97 Å². The Morgan fingerprint density at radius 2 is 2.00 bits per heavy atom. The third kappa shape index (κ3) is 2.81. The van der Waals surface area contributed by atoms with Gasteiger partial charge in [-0.1, -0.05) is 24.4 Å². The molecule has 0 atom stereocenters. The van der Waals surface area contributed by atoms with Crippen LogP contribution in [0.4, 0.5) is 0 Å². The molecule has 0 N–H and O–H groups in total. The molecule has 0 unspecified atom stereocenters. The van der Waals surface area contributed by atoms with Crippen LogP contribution < -0.4 is 0 Å². The van der Waals surface area contributed by atoms with Crippen molar-refractivity contribution in [3.8, 4) is 10.7 Å². The third-order valence-corrected chi connectivity index (χ3v) is 6.19. The van der Waals surface area contributed by atoms with E-state index in [1.807, 2.05) is 0 Å². The van der Waals surface area contributed by atoms with E-state index in [0.717, 1.165) is 20.0 Å². The van der Waals surface area contributed by atoms with Crippen LogP contribution in [0.3, 0.4) is 0 Å². The average Bonchev–Trinajstić information content (AvgIpc) is 3.03. The van der Waals surface area contributed by atoms with Gasteiger partial charge >= 0.3 is 0 Å². The van der Waals surface area contributed by atoms with Crippen molar-refractivity contribution in [2.24, 2.45) is 0 Å². The number of hydrogen-bond acceptors (Lipinski definition) is 3. The van der Waals surface area contributed by atoms with E-state index < -0.39 is 0 Å². The Morgan fingerprint density at radius 3 is 2.63 bits per heavy atom. The van der Waals surface area contributed by atoms with E-state index >= 15 is 0 Å². The summed E-state index contributed by atoms with van der Waals surface area (Å²) in [5.41, 5.74) is 1.15. The Morgan fingerprint density at radius 1 is 1.26 bits per heavy atom. The second-order valence-corrected chi connectivity index (χ2v) is 7.65. The largest absolute Gasteiger partial charge is 0.231 e. The highest BCUT2D eigenvalue weighted by Crippen LogP contribution is 2.38. The Hall–Kier alpha value is -0.200. The van der Waals surface area contributed by atoms with Gasteiger partial charge in [-0.05, 0) is 54.5 Å². The second-order valence-electron chi connectivity index (χ2n) is 4.93. The molecule has 1 saturated carbocycles. The molecule has 100 valence electrons. The van der Waals surface area contributed by atoms with E-state index in [4.69, 9.17) is 16.6 Å². The molecule has 0 amide bonds. The van der Waals surface area contributed by atoms with E-state index in [1.54, 1.807) is 11.3 Å². The van der Waals surface area contributed by atoms with Crippen LogP contribution in [0.5, 0.6) is 0 Å². The lowest BCUT2D eigenvalue weighted by atomic mass is 10.0. The van der Waals surface area contributed by atoms with Crippen LogP contribution in [-0.4, -0.2) is 9.97 Å². The van der Waals surface area contributed by atoms with Crippen molar-refractivity contribution in [1.82, 2.24) is 9.97 Å². The Bertz CT molecular complexity index is 605. The van der Waals surface area contributed by atoms with E-state index in [0.29, 0.717) is 11.1 Å². The highest BCUT2D eigenvalue weighted by molar-refractivity contribution is 14.1.